The van der Waals surface area contributed by atoms with E-state index in [0.717, 1.165) is 23.8 Å². The molecule has 1 heterocycles. The van der Waals surface area contributed by atoms with Crippen molar-refractivity contribution in [2.24, 2.45) is 0 Å². The molecule has 0 aliphatic rings. The largest absolute Gasteiger partial charge is 0.355 e. The third kappa shape index (κ3) is 2.85. The van der Waals surface area contributed by atoms with Gasteiger partial charge < -0.3 is 9.84 Å². The summed E-state index contributed by atoms with van der Waals surface area (Å²) in [6, 6.07) is 13.3. The van der Waals surface area contributed by atoms with Crippen molar-refractivity contribution >= 4 is 11.6 Å². The Morgan fingerprint density at radius 3 is 2.59 bits per heavy atom. The lowest BCUT2D eigenvalue weighted by molar-refractivity contribution is 0.101. The van der Waals surface area contributed by atoms with E-state index in [4.69, 9.17) is 4.52 Å². The first-order valence-electron chi connectivity index (χ1n) is 6.42. The third-order valence-electron chi connectivity index (χ3n) is 2.98. The molecular weight excluding hydrogens is 290 g/mol. The second-order valence-corrected chi connectivity index (χ2v) is 4.52. The molecule has 6 heteroatoms. The van der Waals surface area contributed by atoms with Crippen molar-refractivity contribution in [1.82, 2.24) is 5.16 Å². The Morgan fingerprint density at radius 2 is 1.82 bits per heavy atom. The van der Waals surface area contributed by atoms with Crippen LogP contribution in [-0.4, -0.2) is 11.1 Å². The molecule has 0 atom stereocenters. The number of halogens is 2. The minimum atomic E-state index is -0.735. The molecule has 1 N–H and O–H groups in total. The molecule has 0 spiro atoms. The maximum atomic E-state index is 13.5. The van der Waals surface area contributed by atoms with E-state index in [1.807, 2.05) is 18.2 Å². The molecule has 3 aromatic rings. The average molecular weight is 300 g/mol. The van der Waals surface area contributed by atoms with Crippen molar-refractivity contribution in [2.45, 2.75) is 0 Å². The fourth-order valence-corrected chi connectivity index (χ4v) is 1.90. The van der Waals surface area contributed by atoms with Crippen LogP contribution in [0.5, 0.6) is 0 Å². The fourth-order valence-electron chi connectivity index (χ4n) is 1.90. The van der Waals surface area contributed by atoms with Crippen molar-refractivity contribution < 1.29 is 18.1 Å². The minimum Gasteiger partial charge on any atom is -0.355 e. The van der Waals surface area contributed by atoms with Gasteiger partial charge in [0, 0.05) is 17.7 Å². The predicted molar refractivity (Wildman–Crippen MR) is 76.3 cm³/mol. The van der Waals surface area contributed by atoms with Crippen molar-refractivity contribution in [1.29, 1.82) is 0 Å². The summed E-state index contributed by atoms with van der Waals surface area (Å²) >= 11 is 0. The van der Waals surface area contributed by atoms with Crippen LogP contribution >= 0.6 is 0 Å². The van der Waals surface area contributed by atoms with Crippen LogP contribution in [0.1, 0.15) is 10.5 Å². The van der Waals surface area contributed by atoms with Gasteiger partial charge in [0.1, 0.15) is 11.6 Å². The summed E-state index contributed by atoms with van der Waals surface area (Å²) in [7, 11) is 0. The third-order valence-corrected chi connectivity index (χ3v) is 2.98. The Kier molecular flexibility index (Phi) is 3.65. The van der Waals surface area contributed by atoms with Gasteiger partial charge in [-0.1, -0.05) is 35.5 Å². The number of amides is 1. The van der Waals surface area contributed by atoms with Gasteiger partial charge in [-0.15, -0.1) is 0 Å². The molecule has 1 amide bonds. The predicted octanol–water partition coefficient (Wildman–Crippen LogP) is 3.87. The van der Waals surface area contributed by atoms with Gasteiger partial charge in [0.15, 0.2) is 11.5 Å². The van der Waals surface area contributed by atoms with E-state index in [1.165, 1.54) is 6.07 Å². The maximum Gasteiger partial charge on any atom is 0.277 e. The molecule has 0 unspecified atom stereocenters. The zero-order chi connectivity index (χ0) is 15.5. The summed E-state index contributed by atoms with van der Waals surface area (Å²) in [6.07, 6.45) is 0. The number of rotatable bonds is 3. The summed E-state index contributed by atoms with van der Waals surface area (Å²) in [5, 5.41) is 5.89. The highest BCUT2D eigenvalue weighted by atomic mass is 19.1. The van der Waals surface area contributed by atoms with E-state index in [9.17, 15) is 13.6 Å². The Balaban J connectivity index is 1.81. The van der Waals surface area contributed by atoms with Crippen molar-refractivity contribution in [3.8, 4) is 11.3 Å². The number of benzene rings is 2. The molecule has 4 nitrogen and oxygen atoms in total. The number of carbonyl (C=O) groups is 1. The van der Waals surface area contributed by atoms with Gasteiger partial charge >= 0.3 is 0 Å². The molecule has 0 aliphatic heterocycles. The van der Waals surface area contributed by atoms with Gasteiger partial charge in [-0.2, -0.15) is 0 Å². The van der Waals surface area contributed by atoms with Gasteiger partial charge in [-0.3, -0.25) is 4.79 Å². The normalized spacial score (nSPS) is 10.5. The van der Waals surface area contributed by atoms with E-state index in [0.29, 0.717) is 5.76 Å². The van der Waals surface area contributed by atoms with Gasteiger partial charge in [-0.25, -0.2) is 8.78 Å². The van der Waals surface area contributed by atoms with E-state index in [-0.39, 0.29) is 11.4 Å². The molecule has 110 valence electrons. The average Bonchev–Trinajstić information content (AvgIpc) is 3.02. The highest BCUT2D eigenvalue weighted by Crippen LogP contribution is 2.21. The standard InChI is InChI=1S/C16H10F2N2O2/c17-11-6-7-12(18)13(8-11)19-16(21)14-9-15(22-20-14)10-4-2-1-3-5-10/h1-9H,(H,19,21). The van der Waals surface area contributed by atoms with E-state index < -0.39 is 17.5 Å². The Hall–Kier alpha value is -3.02. The van der Waals surface area contributed by atoms with Crippen LogP contribution in [0.2, 0.25) is 0 Å². The number of hydrogen-bond donors (Lipinski definition) is 1. The second-order valence-electron chi connectivity index (χ2n) is 4.52. The number of carbonyl (C=O) groups excluding carboxylic acids is 1. The number of nitrogens with one attached hydrogen (secondary N) is 1. The van der Waals surface area contributed by atoms with Crippen molar-refractivity contribution in [3.63, 3.8) is 0 Å². The molecule has 0 saturated carbocycles. The van der Waals surface area contributed by atoms with E-state index in [1.54, 1.807) is 12.1 Å². The first-order valence-corrected chi connectivity index (χ1v) is 6.42. The number of nitrogens with zero attached hydrogens (tertiary/aromatic N) is 1. The molecule has 0 fully saturated rings. The molecule has 0 aliphatic carbocycles. The zero-order valence-corrected chi connectivity index (χ0v) is 11.2. The topological polar surface area (TPSA) is 55.1 Å². The van der Waals surface area contributed by atoms with Crippen LogP contribution in [0.25, 0.3) is 11.3 Å². The van der Waals surface area contributed by atoms with Crippen molar-refractivity contribution in [3.05, 3.63) is 71.9 Å². The Labute approximate surface area is 124 Å². The molecule has 0 bridgehead atoms. The molecule has 2 aromatic carbocycles. The van der Waals surface area contributed by atoms with E-state index >= 15 is 0 Å². The number of anilines is 1. The highest BCUT2D eigenvalue weighted by Gasteiger charge is 2.15. The summed E-state index contributed by atoms with van der Waals surface area (Å²) in [6.45, 7) is 0. The molecule has 0 saturated heterocycles. The summed E-state index contributed by atoms with van der Waals surface area (Å²) < 4.78 is 31.6. The van der Waals surface area contributed by atoms with Crippen LogP contribution in [-0.2, 0) is 0 Å². The molecule has 22 heavy (non-hydrogen) atoms. The highest BCUT2D eigenvalue weighted by molar-refractivity contribution is 6.03. The molecular formula is C16H10F2N2O2. The lowest BCUT2D eigenvalue weighted by Gasteiger charge is -2.03. The Bertz CT molecular complexity index is 816. The van der Waals surface area contributed by atoms with Gasteiger partial charge in [-0.05, 0) is 12.1 Å². The summed E-state index contributed by atoms with van der Waals surface area (Å²) in [5.74, 6) is -1.66. The van der Waals surface area contributed by atoms with Crippen LogP contribution in [0.4, 0.5) is 14.5 Å². The molecule has 0 radical (unpaired) electrons. The maximum absolute atomic E-state index is 13.5. The summed E-state index contributed by atoms with van der Waals surface area (Å²) in [5.41, 5.74) is 0.475. The zero-order valence-electron chi connectivity index (χ0n) is 11.2. The molecule has 1 aromatic heterocycles. The van der Waals surface area contributed by atoms with Crippen LogP contribution in [0.3, 0.4) is 0 Å². The lowest BCUT2D eigenvalue weighted by Crippen LogP contribution is -2.13. The molecule has 3 rings (SSSR count). The minimum absolute atomic E-state index is 0.0254. The first kappa shape index (κ1) is 13.9. The number of aromatic nitrogens is 1. The second kappa shape index (κ2) is 5.77. The smallest absolute Gasteiger partial charge is 0.277 e. The van der Waals surface area contributed by atoms with Crippen LogP contribution < -0.4 is 5.32 Å². The lowest BCUT2D eigenvalue weighted by atomic mass is 10.1. The van der Waals surface area contributed by atoms with Gasteiger partial charge in [0.25, 0.3) is 5.91 Å². The van der Waals surface area contributed by atoms with Crippen LogP contribution in [0.15, 0.2) is 59.1 Å². The van der Waals surface area contributed by atoms with Gasteiger partial charge in [0.2, 0.25) is 0 Å². The first-order chi connectivity index (χ1) is 10.6. The summed E-state index contributed by atoms with van der Waals surface area (Å²) in [4.78, 5) is 12.0. The number of hydrogen-bond acceptors (Lipinski definition) is 3. The van der Waals surface area contributed by atoms with Crippen LogP contribution in [0, 0.1) is 11.6 Å². The Morgan fingerprint density at radius 1 is 1.05 bits per heavy atom. The SMILES string of the molecule is O=C(Nc1cc(F)ccc1F)c1cc(-c2ccccc2)on1. The van der Waals surface area contributed by atoms with Gasteiger partial charge in [0.05, 0.1) is 5.69 Å². The monoisotopic (exact) mass is 300 g/mol. The quantitative estimate of drug-likeness (QED) is 0.798. The van der Waals surface area contributed by atoms with E-state index in [2.05, 4.69) is 10.5 Å². The van der Waals surface area contributed by atoms with Crippen molar-refractivity contribution in [2.75, 3.05) is 5.32 Å². The fraction of sp³-hybridized carbons (Fsp3) is 0.